The number of hydrogen-bond donors (Lipinski definition) is 2. The Bertz CT molecular complexity index is 397. The Hall–Kier alpha value is -1.55. The molecule has 2 rings (SSSR count). The summed E-state index contributed by atoms with van der Waals surface area (Å²) >= 11 is 0. The van der Waals surface area contributed by atoms with Gasteiger partial charge in [0.2, 0.25) is 0 Å². The Balaban J connectivity index is 1.76. The second-order valence-corrected chi connectivity index (χ2v) is 5.24. The zero-order chi connectivity index (χ0) is 13.5. The van der Waals surface area contributed by atoms with Crippen molar-refractivity contribution in [2.24, 2.45) is 5.73 Å². The monoisotopic (exact) mass is 263 g/mol. The molecule has 0 spiro atoms. The quantitative estimate of drug-likeness (QED) is 0.802. The van der Waals surface area contributed by atoms with Gasteiger partial charge in [-0.15, -0.1) is 0 Å². The van der Waals surface area contributed by atoms with E-state index in [9.17, 15) is 4.79 Å². The third-order valence-electron chi connectivity index (χ3n) is 3.64. The zero-order valence-electron chi connectivity index (χ0n) is 11.3. The molecule has 19 heavy (non-hydrogen) atoms. The number of benzene rings is 1. The number of ether oxygens (including phenoxy) is 1. The van der Waals surface area contributed by atoms with E-state index in [2.05, 4.69) is 17.4 Å². The molecule has 0 aromatic heterocycles. The van der Waals surface area contributed by atoms with Crippen molar-refractivity contribution < 1.29 is 14.8 Å². The lowest BCUT2D eigenvalue weighted by atomic mass is 9.95. The van der Waals surface area contributed by atoms with Crippen LogP contribution in [-0.2, 0) is 11.3 Å². The molecule has 0 aliphatic heterocycles. The van der Waals surface area contributed by atoms with Gasteiger partial charge in [-0.1, -0.05) is 6.42 Å². The Morgan fingerprint density at radius 2 is 1.89 bits per heavy atom. The molecular weight excluding hydrogens is 240 g/mol. The summed E-state index contributed by atoms with van der Waals surface area (Å²) < 4.78 is 5.23. The first kappa shape index (κ1) is 13.9. The van der Waals surface area contributed by atoms with Gasteiger partial charge in [0, 0.05) is 5.56 Å². The Morgan fingerprint density at radius 1 is 1.21 bits per heavy atom. The average molecular weight is 263 g/mol. The van der Waals surface area contributed by atoms with Crippen molar-refractivity contribution >= 4 is 5.91 Å². The standard InChI is InChI=1S/C15H22N2O2/c16-15(18)11-19-14-8-6-12(7-9-14)10-17-13-4-2-1-3-5-13/h6-9,13,17H,1-5,10-11H2,(H2,16,18)/p+1. The second-order valence-electron chi connectivity index (χ2n) is 5.24. The van der Waals surface area contributed by atoms with Gasteiger partial charge < -0.3 is 15.8 Å². The molecule has 1 saturated carbocycles. The van der Waals surface area contributed by atoms with Gasteiger partial charge >= 0.3 is 0 Å². The summed E-state index contributed by atoms with van der Waals surface area (Å²) in [5.74, 6) is 0.245. The fourth-order valence-corrected chi connectivity index (χ4v) is 2.55. The third kappa shape index (κ3) is 4.91. The van der Waals surface area contributed by atoms with Gasteiger partial charge in [0.25, 0.3) is 5.91 Å². The fourth-order valence-electron chi connectivity index (χ4n) is 2.55. The Morgan fingerprint density at radius 3 is 2.53 bits per heavy atom. The van der Waals surface area contributed by atoms with E-state index in [4.69, 9.17) is 10.5 Å². The van der Waals surface area contributed by atoms with Gasteiger partial charge in [-0.25, -0.2) is 0 Å². The summed E-state index contributed by atoms with van der Waals surface area (Å²) in [5.41, 5.74) is 6.32. The number of primary amides is 1. The van der Waals surface area contributed by atoms with Crippen LogP contribution < -0.4 is 15.8 Å². The number of nitrogens with two attached hydrogens (primary N) is 2. The van der Waals surface area contributed by atoms with E-state index in [0.717, 1.165) is 12.6 Å². The summed E-state index contributed by atoms with van der Waals surface area (Å²) in [7, 11) is 0. The van der Waals surface area contributed by atoms with Crippen LogP contribution in [0.5, 0.6) is 5.75 Å². The Kier molecular flexibility index (Phi) is 5.21. The van der Waals surface area contributed by atoms with Crippen LogP contribution in [0.15, 0.2) is 24.3 Å². The molecule has 104 valence electrons. The highest BCUT2D eigenvalue weighted by molar-refractivity contribution is 5.75. The average Bonchev–Trinajstić information content (AvgIpc) is 2.45. The highest BCUT2D eigenvalue weighted by Gasteiger charge is 2.15. The summed E-state index contributed by atoms with van der Waals surface area (Å²) in [6.45, 7) is 0.953. The van der Waals surface area contributed by atoms with Crippen LogP contribution in [0.3, 0.4) is 0 Å². The van der Waals surface area contributed by atoms with E-state index in [1.165, 1.54) is 37.7 Å². The topological polar surface area (TPSA) is 68.9 Å². The van der Waals surface area contributed by atoms with Crippen molar-refractivity contribution in [3.8, 4) is 5.75 Å². The maximum atomic E-state index is 10.6. The van der Waals surface area contributed by atoms with Gasteiger partial charge in [0.05, 0.1) is 6.04 Å². The normalized spacial score (nSPS) is 16.2. The van der Waals surface area contributed by atoms with Crippen molar-refractivity contribution in [3.63, 3.8) is 0 Å². The first-order valence-electron chi connectivity index (χ1n) is 7.07. The SMILES string of the molecule is NC(=O)COc1ccc(C[NH2+]C2CCCCC2)cc1. The summed E-state index contributed by atoms with van der Waals surface area (Å²) in [5, 5.41) is 2.44. The first-order valence-corrected chi connectivity index (χ1v) is 7.07. The minimum absolute atomic E-state index is 0.0620. The molecule has 1 aromatic carbocycles. The highest BCUT2D eigenvalue weighted by Crippen LogP contribution is 2.15. The molecule has 1 aliphatic rings. The molecule has 1 amide bonds. The molecule has 4 heteroatoms. The van der Waals surface area contributed by atoms with E-state index in [0.29, 0.717) is 5.75 Å². The lowest BCUT2D eigenvalue weighted by Crippen LogP contribution is -2.88. The maximum Gasteiger partial charge on any atom is 0.255 e. The minimum Gasteiger partial charge on any atom is -0.484 e. The third-order valence-corrected chi connectivity index (χ3v) is 3.64. The summed E-state index contributed by atoms with van der Waals surface area (Å²) in [6.07, 6.45) is 6.85. The van der Waals surface area contributed by atoms with Crippen LogP contribution in [0.1, 0.15) is 37.7 Å². The van der Waals surface area contributed by atoms with Crippen LogP contribution in [-0.4, -0.2) is 18.6 Å². The first-order chi connectivity index (χ1) is 9.24. The fraction of sp³-hybridized carbons (Fsp3) is 0.533. The number of carbonyl (C=O) groups is 1. The molecule has 1 aromatic rings. The van der Waals surface area contributed by atoms with E-state index < -0.39 is 5.91 Å². The van der Waals surface area contributed by atoms with Gasteiger partial charge in [0.1, 0.15) is 12.3 Å². The van der Waals surface area contributed by atoms with E-state index in [-0.39, 0.29) is 6.61 Å². The van der Waals surface area contributed by atoms with Crippen molar-refractivity contribution in [1.29, 1.82) is 0 Å². The highest BCUT2D eigenvalue weighted by atomic mass is 16.5. The molecule has 1 fully saturated rings. The lowest BCUT2D eigenvalue weighted by molar-refractivity contribution is -0.706. The van der Waals surface area contributed by atoms with Gasteiger partial charge in [-0.05, 0) is 49.9 Å². The van der Waals surface area contributed by atoms with Crippen LogP contribution in [0.2, 0.25) is 0 Å². The van der Waals surface area contributed by atoms with Gasteiger partial charge in [-0.2, -0.15) is 0 Å². The van der Waals surface area contributed by atoms with Crippen molar-refractivity contribution in [1.82, 2.24) is 0 Å². The second kappa shape index (κ2) is 7.14. The van der Waals surface area contributed by atoms with E-state index in [1.54, 1.807) is 0 Å². The molecule has 4 nitrogen and oxygen atoms in total. The number of rotatable bonds is 6. The van der Waals surface area contributed by atoms with Gasteiger partial charge in [-0.3, -0.25) is 4.79 Å². The van der Waals surface area contributed by atoms with Crippen LogP contribution >= 0.6 is 0 Å². The smallest absolute Gasteiger partial charge is 0.255 e. The molecule has 0 bridgehead atoms. The van der Waals surface area contributed by atoms with Gasteiger partial charge in [0.15, 0.2) is 6.61 Å². The largest absolute Gasteiger partial charge is 0.484 e. The molecular formula is C15H23N2O2+. The number of quaternary nitrogens is 1. The van der Waals surface area contributed by atoms with Crippen LogP contribution in [0.4, 0.5) is 0 Å². The molecule has 0 unspecified atom stereocenters. The zero-order valence-corrected chi connectivity index (χ0v) is 11.3. The number of carbonyl (C=O) groups excluding carboxylic acids is 1. The maximum absolute atomic E-state index is 10.6. The molecule has 0 saturated heterocycles. The number of hydrogen-bond acceptors (Lipinski definition) is 2. The lowest BCUT2D eigenvalue weighted by Gasteiger charge is -2.19. The van der Waals surface area contributed by atoms with Crippen molar-refractivity contribution in [3.05, 3.63) is 29.8 Å². The Labute approximate surface area is 114 Å². The van der Waals surface area contributed by atoms with Crippen LogP contribution in [0, 0.1) is 0 Å². The molecule has 1 aliphatic carbocycles. The minimum atomic E-state index is -0.449. The molecule has 0 heterocycles. The number of amides is 1. The van der Waals surface area contributed by atoms with E-state index >= 15 is 0 Å². The molecule has 0 radical (unpaired) electrons. The van der Waals surface area contributed by atoms with Crippen molar-refractivity contribution in [2.45, 2.75) is 44.7 Å². The predicted octanol–water partition coefficient (Wildman–Crippen LogP) is 0.947. The van der Waals surface area contributed by atoms with E-state index in [1.807, 2.05) is 12.1 Å². The summed E-state index contributed by atoms with van der Waals surface area (Å²) in [6, 6.07) is 8.69. The van der Waals surface area contributed by atoms with Crippen LogP contribution in [0.25, 0.3) is 0 Å². The predicted molar refractivity (Wildman–Crippen MR) is 73.6 cm³/mol. The summed E-state index contributed by atoms with van der Waals surface area (Å²) in [4.78, 5) is 10.6. The molecule has 4 N–H and O–H groups in total. The van der Waals surface area contributed by atoms with Crippen molar-refractivity contribution in [2.75, 3.05) is 6.61 Å². The molecule has 0 atom stereocenters.